The maximum absolute atomic E-state index is 13.5. The number of aliphatic hydroxyl groups excluding tert-OH is 1. The number of hydrogen-bond donors (Lipinski definition) is 2. The van der Waals surface area contributed by atoms with Gasteiger partial charge in [0.2, 0.25) is 0 Å². The van der Waals surface area contributed by atoms with Crippen LogP contribution in [0, 0.1) is 17.6 Å². The Morgan fingerprint density at radius 3 is 2.67 bits per heavy atom. The molecule has 0 aliphatic heterocycles. The number of carbonyl (C=O) groups is 1. The fourth-order valence-corrected chi connectivity index (χ4v) is 1.55. The average Bonchev–Trinajstić information content (AvgIpc) is 3.09. The van der Waals surface area contributed by atoms with Gasteiger partial charge >= 0.3 is 5.97 Å². The van der Waals surface area contributed by atoms with Crippen LogP contribution in [-0.4, -0.2) is 22.8 Å². The van der Waals surface area contributed by atoms with E-state index in [1.807, 2.05) is 0 Å². The highest BCUT2D eigenvalue weighted by molar-refractivity contribution is 5.75. The molecule has 1 atom stereocenters. The fourth-order valence-electron chi connectivity index (χ4n) is 1.55. The quantitative estimate of drug-likeness (QED) is 0.846. The number of aliphatic hydroxyl groups is 1. The van der Waals surface area contributed by atoms with Crippen molar-refractivity contribution in [2.45, 2.75) is 18.9 Å². The maximum atomic E-state index is 13.5. The van der Waals surface area contributed by atoms with Gasteiger partial charge in [-0.15, -0.1) is 0 Å². The second-order valence-corrected chi connectivity index (χ2v) is 4.30. The summed E-state index contributed by atoms with van der Waals surface area (Å²) in [6, 6.07) is 1.37. The van der Waals surface area contributed by atoms with Crippen LogP contribution < -0.4 is 4.74 Å². The Balaban J connectivity index is 2.30. The molecule has 1 saturated carbocycles. The molecule has 1 aromatic rings. The monoisotopic (exact) mass is 258 g/mol. The highest BCUT2D eigenvalue weighted by Crippen LogP contribution is 2.34. The summed E-state index contributed by atoms with van der Waals surface area (Å²) in [5.74, 6) is -3.62. The van der Waals surface area contributed by atoms with Crippen molar-refractivity contribution in [3.8, 4) is 5.75 Å². The third-order valence-corrected chi connectivity index (χ3v) is 2.73. The van der Waals surface area contributed by atoms with Crippen molar-refractivity contribution in [1.82, 2.24) is 0 Å². The standard InChI is InChI=1S/C12H12F2O4/c13-7-3-8(10(15)12(16)17)11(9(14)4-7)18-5-6-1-2-6/h3-4,6,10,15H,1-2,5H2,(H,16,17). The average molecular weight is 258 g/mol. The number of ether oxygens (including phenoxy) is 1. The highest BCUT2D eigenvalue weighted by Gasteiger charge is 2.27. The molecule has 1 aromatic carbocycles. The molecule has 0 spiro atoms. The molecule has 0 aromatic heterocycles. The van der Waals surface area contributed by atoms with Crippen LogP contribution in [0.3, 0.4) is 0 Å². The van der Waals surface area contributed by atoms with Crippen LogP contribution in [0.5, 0.6) is 5.75 Å². The largest absolute Gasteiger partial charge is 0.490 e. The van der Waals surface area contributed by atoms with Crippen LogP contribution in [0.1, 0.15) is 24.5 Å². The van der Waals surface area contributed by atoms with E-state index in [1.54, 1.807) is 0 Å². The first kappa shape index (κ1) is 12.8. The number of benzene rings is 1. The van der Waals surface area contributed by atoms with Crippen LogP contribution in [0.4, 0.5) is 8.78 Å². The molecule has 18 heavy (non-hydrogen) atoms. The van der Waals surface area contributed by atoms with Crippen LogP contribution in [0.2, 0.25) is 0 Å². The molecule has 0 radical (unpaired) electrons. The maximum Gasteiger partial charge on any atom is 0.337 e. The molecule has 2 N–H and O–H groups in total. The van der Waals surface area contributed by atoms with Crippen molar-refractivity contribution in [2.75, 3.05) is 6.61 Å². The van der Waals surface area contributed by atoms with E-state index in [-0.39, 0.29) is 6.61 Å². The Morgan fingerprint density at radius 1 is 1.44 bits per heavy atom. The normalized spacial score (nSPS) is 16.4. The smallest absolute Gasteiger partial charge is 0.337 e. The van der Waals surface area contributed by atoms with E-state index in [0.29, 0.717) is 12.0 Å². The van der Waals surface area contributed by atoms with E-state index in [0.717, 1.165) is 18.9 Å². The minimum absolute atomic E-state index is 0.238. The lowest BCUT2D eigenvalue weighted by atomic mass is 10.1. The van der Waals surface area contributed by atoms with Crippen molar-refractivity contribution in [3.05, 3.63) is 29.3 Å². The lowest BCUT2D eigenvalue weighted by Crippen LogP contribution is -2.14. The predicted octanol–water partition coefficient (Wildman–Crippen LogP) is 1.87. The van der Waals surface area contributed by atoms with Gasteiger partial charge in [0, 0.05) is 11.6 Å². The molecule has 1 unspecified atom stereocenters. The van der Waals surface area contributed by atoms with Crippen molar-refractivity contribution >= 4 is 5.97 Å². The molecule has 2 rings (SSSR count). The molecule has 6 heteroatoms. The molecule has 1 fully saturated rings. The summed E-state index contributed by atoms with van der Waals surface area (Å²) in [6.07, 6.45) is -0.0661. The Bertz CT molecular complexity index is 471. The van der Waals surface area contributed by atoms with Crippen molar-refractivity contribution in [2.24, 2.45) is 5.92 Å². The van der Waals surface area contributed by atoms with Gasteiger partial charge in [-0.05, 0) is 24.8 Å². The minimum atomic E-state index is -2.01. The van der Waals surface area contributed by atoms with E-state index in [9.17, 15) is 18.7 Å². The molecule has 0 saturated heterocycles. The Morgan fingerprint density at radius 2 is 2.11 bits per heavy atom. The summed E-state index contributed by atoms with van der Waals surface area (Å²) < 4.78 is 31.7. The molecule has 0 bridgehead atoms. The van der Waals surface area contributed by atoms with Gasteiger partial charge in [0.05, 0.1) is 6.61 Å². The highest BCUT2D eigenvalue weighted by atomic mass is 19.1. The second kappa shape index (κ2) is 4.89. The summed E-state index contributed by atoms with van der Waals surface area (Å²) in [6.45, 7) is 0.238. The third kappa shape index (κ3) is 2.76. The third-order valence-electron chi connectivity index (χ3n) is 2.73. The first-order valence-corrected chi connectivity index (χ1v) is 5.51. The molecule has 1 aliphatic carbocycles. The molecular weight excluding hydrogens is 246 g/mol. The molecule has 4 nitrogen and oxygen atoms in total. The number of hydrogen-bond acceptors (Lipinski definition) is 3. The Labute approximate surface area is 102 Å². The summed E-state index contributed by atoms with van der Waals surface area (Å²) in [4.78, 5) is 10.7. The zero-order valence-corrected chi connectivity index (χ0v) is 9.40. The molecule has 0 amide bonds. The first-order valence-electron chi connectivity index (χ1n) is 5.51. The Kier molecular flexibility index (Phi) is 3.47. The molecule has 1 aliphatic rings. The van der Waals surface area contributed by atoms with E-state index in [1.165, 1.54) is 0 Å². The molecule has 0 heterocycles. The van der Waals surface area contributed by atoms with E-state index >= 15 is 0 Å². The van der Waals surface area contributed by atoms with Crippen LogP contribution in [-0.2, 0) is 4.79 Å². The number of carboxylic acids is 1. The van der Waals surface area contributed by atoms with Gasteiger partial charge in [0.25, 0.3) is 0 Å². The molecular formula is C12H12F2O4. The summed E-state index contributed by atoms with van der Waals surface area (Å²) in [5.41, 5.74) is -0.402. The van der Waals surface area contributed by atoms with Crippen molar-refractivity contribution < 1.29 is 28.5 Å². The topological polar surface area (TPSA) is 66.8 Å². The van der Waals surface area contributed by atoms with Gasteiger partial charge in [-0.1, -0.05) is 0 Å². The second-order valence-electron chi connectivity index (χ2n) is 4.30. The number of carboxylic acid groups (broad SMARTS) is 1. The summed E-state index contributed by atoms with van der Waals surface area (Å²) in [5, 5.41) is 18.1. The van der Waals surface area contributed by atoms with Gasteiger partial charge in [-0.3, -0.25) is 0 Å². The van der Waals surface area contributed by atoms with Crippen LogP contribution >= 0.6 is 0 Å². The van der Waals surface area contributed by atoms with Gasteiger partial charge in [-0.2, -0.15) is 0 Å². The van der Waals surface area contributed by atoms with Gasteiger partial charge in [0.15, 0.2) is 17.7 Å². The number of halogens is 2. The lowest BCUT2D eigenvalue weighted by molar-refractivity contribution is -0.147. The van der Waals surface area contributed by atoms with Crippen LogP contribution in [0.25, 0.3) is 0 Å². The van der Waals surface area contributed by atoms with Crippen molar-refractivity contribution in [3.63, 3.8) is 0 Å². The van der Waals surface area contributed by atoms with Crippen molar-refractivity contribution in [1.29, 1.82) is 0 Å². The fraction of sp³-hybridized carbons (Fsp3) is 0.417. The zero-order chi connectivity index (χ0) is 13.3. The summed E-state index contributed by atoms with van der Waals surface area (Å²) in [7, 11) is 0. The summed E-state index contributed by atoms with van der Waals surface area (Å²) >= 11 is 0. The van der Waals surface area contributed by atoms with Gasteiger partial charge in [-0.25, -0.2) is 13.6 Å². The van der Waals surface area contributed by atoms with E-state index in [2.05, 4.69) is 0 Å². The van der Waals surface area contributed by atoms with Gasteiger partial charge in [0.1, 0.15) is 5.82 Å². The lowest BCUT2D eigenvalue weighted by Gasteiger charge is -2.14. The first-order chi connectivity index (χ1) is 8.49. The minimum Gasteiger partial charge on any atom is -0.490 e. The van der Waals surface area contributed by atoms with Crippen LogP contribution in [0.15, 0.2) is 12.1 Å². The molecule has 98 valence electrons. The zero-order valence-electron chi connectivity index (χ0n) is 9.40. The Hall–Kier alpha value is -1.69. The van der Waals surface area contributed by atoms with E-state index < -0.39 is 35.0 Å². The van der Waals surface area contributed by atoms with E-state index in [4.69, 9.17) is 9.84 Å². The SMILES string of the molecule is O=C(O)C(O)c1cc(F)cc(F)c1OCC1CC1. The predicted molar refractivity (Wildman–Crippen MR) is 57.2 cm³/mol. The van der Waals surface area contributed by atoms with Gasteiger partial charge < -0.3 is 14.9 Å². The number of rotatable bonds is 5. The number of aliphatic carboxylic acids is 1.